The molecule has 5 heteroatoms. The number of hydrogen-bond acceptors (Lipinski definition) is 4. The van der Waals surface area contributed by atoms with Gasteiger partial charge in [0.2, 0.25) is 5.88 Å². The van der Waals surface area contributed by atoms with Crippen LogP contribution in [0.1, 0.15) is 36.0 Å². The van der Waals surface area contributed by atoms with Crippen molar-refractivity contribution in [3.8, 4) is 17.0 Å². The molecular weight excluding hydrogens is 388 g/mol. The number of likely N-dealkylation sites (tertiary alicyclic amines) is 1. The molecule has 0 unspecified atom stereocenters. The molecule has 31 heavy (non-hydrogen) atoms. The molecule has 0 bridgehead atoms. The summed E-state index contributed by atoms with van der Waals surface area (Å²) in [6.07, 6.45) is 4.52. The average molecular weight is 417 g/mol. The number of aromatic nitrogens is 1. The van der Waals surface area contributed by atoms with Gasteiger partial charge in [0.05, 0.1) is 0 Å². The molecule has 0 spiro atoms. The molecule has 1 aromatic heterocycles. The molecule has 0 amide bonds. The summed E-state index contributed by atoms with van der Waals surface area (Å²) < 4.78 is 5.95. The second-order valence-electron chi connectivity index (χ2n) is 8.07. The highest BCUT2D eigenvalue weighted by Crippen LogP contribution is 2.26. The van der Waals surface area contributed by atoms with E-state index in [0.717, 1.165) is 30.5 Å². The van der Waals surface area contributed by atoms with Crippen LogP contribution in [0.3, 0.4) is 0 Å². The predicted octanol–water partition coefficient (Wildman–Crippen LogP) is 5.08. The third kappa shape index (κ3) is 5.12. The first-order chi connectivity index (χ1) is 15.1. The maximum Gasteiger partial charge on any atom is 0.320 e. The number of carbonyl (C=O) groups is 1. The SMILES string of the molecule is Cc1c(COc2ccc(CN3CCCC[C@H]3C(=O)O)cn2)cccc1-c1ccccc1. The van der Waals surface area contributed by atoms with Crippen molar-refractivity contribution in [1.82, 2.24) is 9.88 Å². The molecule has 1 saturated heterocycles. The Morgan fingerprint density at radius 1 is 1.10 bits per heavy atom. The Morgan fingerprint density at radius 2 is 1.94 bits per heavy atom. The molecule has 2 aromatic carbocycles. The van der Waals surface area contributed by atoms with Crippen molar-refractivity contribution in [3.63, 3.8) is 0 Å². The van der Waals surface area contributed by atoms with Crippen molar-refractivity contribution in [2.45, 2.75) is 45.4 Å². The van der Waals surface area contributed by atoms with Crippen LogP contribution in [-0.2, 0) is 17.9 Å². The van der Waals surface area contributed by atoms with Gasteiger partial charge in [0.15, 0.2) is 0 Å². The van der Waals surface area contributed by atoms with E-state index >= 15 is 0 Å². The van der Waals surface area contributed by atoms with Crippen LogP contribution >= 0.6 is 0 Å². The molecule has 0 saturated carbocycles. The number of hydrogen-bond donors (Lipinski definition) is 1. The van der Waals surface area contributed by atoms with E-state index in [1.807, 2.05) is 35.2 Å². The van der Waals surface area contributed by atoms with E-state index in [2.05, 4.69) is 42.2 Å². The lowest BCUT2D eigenvalue weighted by Gasteiger charge is -2.32. The van der Waals surface area contributed by atoms with Crippen LogP contribution in [0.15, 0.2) is 66.9 Å². The molecule has 1 aliphatic heterocycles. The Kier molecular flexibility index (Phi) is 6.63. The number of ether oxygens (including phenoxy) is 1. The van der Waals surface area contributed by atoms with Gasteiger partial charge >= 0.3 is 5.97 Å². The van der Waals surface area contributed by atoms with Crippen molar-refractivity contribution in [1.29, 1.82) is 0 Å². The molecule has 160 valence electrons. The number of pyridine rings is 1. The summed E-state index contributed by atoms with van der Waals surface area (Å²) in [5, 5.41) is 9.45. The third-order valence-corrected chi connectivity index (χ3v) is 5.99. The molecule has 4 rings (SSSR count). The summed E-state index contributed by atoms with van der Waals surface area (Å²) in [6.45, 7) is 3.98. The average Bonchev–Trinajstić information content (AvgIpc) is 2.80. The predicted molar refractivity (Wildman–Crippen MR) is 121 cm³/mol. The van der Waals surface area contributed by atoms with Crippen molar-refractivity contribution >= 4 is 5.97 Å². The summed E-state index contributed by atoms with van der Waals surface area (Å²) in [4.78, 5) is 18.0. The molecule has 0 aliphatic carbocycles. The van der Waals surface area contributed by atoms with Crippen LogP contribution in [0.4, 0.5) is 0 Å². The van der Waals surface area contributed by atoms with Gasteiger partial charge in [0.1, 0.15) is 12.6 Å². The number of rotatable bonds is 7. The quantitative estimate of drug-likeness (QED) is 0.582. The molecule has 1 N–H and O–H groups in total. The number of aliphatic carboxylic acids is 1. The summed E-state index contributed by atoms with van der Waals surface area (Å²) in [5.74, 6) is -0.164. The lowest BCUT2D eigenvalue weighted by molar-refractivity contribution is -0.144. The summed E-state index contributed by atoms with van der Waals surface area (Å²) in [7, 11) is 0. The normalized spacial score (nSPS) is 16.7. The van der Waals surface area contributed by atoms with Crippen LogP contribution in [0.5, 0.6) is 5.88 Å². The topological polar surface area (TPSA) is 62.7 Å². The van der Waals surface area contributed by atoms with Gasteiger partial charge in [-0.25, -0.2) is 4.98 Å². The van der Waals surface area contributed by atoms with Gasteiger partial charge < -0.3 is 9.84 Å². The Bertz CT molecular complexity index is 1020. The smallest absolute Gasteiger partial charge is 0.320 e. The van der Waals surface area contributed by atoms with Gasteiger partial charge in [-0.3, -0.25) is 9.69 Å². The first-order valence-electron chi connectivity index (χ1n) is 10.8. The van der Waals surface area contributed by atoms with Crippen LogP contribution in [0.2, 0.25) is 0 Å². The van der Waals surface area contributed by atoms with E-state index < -0.39 is 12.0 Å². The highest BCUT2D eigenvalue weighted by atomic mass is 16.5. The second kappa shape index (κ2) is 9.75. The van der Waals surface area contributed by atoms with E-state index in [0.29, 0.717) is 25.5 Å². The Hall–Kier alpha value is -3.18. The lowest BCUT2D eigenvalue weighted by atomic mass is 9.97. The zero-order valence-corrected chi connectivity index (χ0v) is 17.8. The summed E-state index contributed by atoms with van der Waals surface area (Å²) in [6, 6.07) is 20.1. The fourth-order valence-electron chi connectivity index (χ4n) is 4.21. The van der Waals surface area contributed by atoms with Crippen molar-refractivity contribution in [2.24, 2.45) is 0 Å². The van der Waals surface area contributed by atoms with Crippen molar-refractivity contribution < 1.29 is 14.6 Å². The molecule has 0 radical (unpaired) electrons. The molecule has 1 atom stereocenters. The number of nitrogens with zero attached hydrogens (tertiary/aromatic N) is 2. The van der Waals surface area contributed by atoms with Gasteiger partial charge in [-0.2, -0.15) is 0 Å². The van der Waals surface area contributed by atoms with Crippen LogP contribution < -0.4 is 4.74 Å². The standard InChI is InChI=1S/C26H28N2O3/c1-19-22(10-7-11-23(19)21-8-3-2-4-9-21)18-31-25-14-13-20(16-27-25)17-28-15-6-5-12-24(28)26(29)30/h2-4,7-11,13-14,16,24H,5-6,12,15,17-18H2,1H3,(H,29,30)/t24-/m0/s1. The van der Waals surface area contributed by atoms with Gasteiger partial charge in [-0.1, -0.05) is 61.0 Å². The maximum atomic E-state index is 11.5. The monoisotopic (exact) mass is 416 g/mol. The first kappa shape index (κ1) is 21.1. The third-order valence-electron chi connectivity index (χ3n) is 5.99. The van der Waals surface area contributed by atoms with Gasteiger partial charge in [0, 0.05) is 18.8 Å². The second-order valence-corrected chi connectivity index (χ2v) is 8.07. The number of benzene rings is 2. The zero-order chi connectivity index (χ0) is 21.6. The maximum absolute atomic E-state index is 11.5. The Morgan fingerprint density at radius 3 is 2.68 bits per heavy atom. The molecule has 3 aromatic rings. The summed E-state index contributed by atoms with van der Waals surface area (Å²) in [5.41, 5.74) is 5.74. The van der Waals surface area contributed by atoms with Crippen LogP contribution in [0.25, 0.3) is 11.1 Å². The highest BCUT2D eigenvalue weighted by Gasteiger charge is 2.28. The van der Waals surface area contributed by atoms with E-state index in [1.54, 1.807) is 6.20 Å². The minimum atomic E-state index is -0.735. The number of carboxylic acid groups (broad SMARTS) is 1. The molecule has 2 heterocycles. The van der Waals surface area contributed by atoms with E-state index in [-0.39, 0.29) is 0 Å². The van der Waals surface area contributed by atoms with Crippen LogP contribution in [0, 0.1) is 6.92 Å². The zero-order valence-electron chi connectivity index (χ0n) is 17.8. The van der Waals surface area contributed by atoms with E-state index in [4.69, 9.17) is 4.74 Å². The largest absolute Gasteiger partial charge is 0.480 e. The molecular formula is C26H28N2O3. The van der Waals surface area contributed by atoms with Crippen molar-refractivity contribution in [3.05, 3.63) is 83.6 Å². The minimum Gasteiger partial charge on any atom is -0.480 e. The number of piperidine rings is 1. The Balaban J connectivity index is 1.39. The number of carboxylic acids is 1. The fraction of sp³-hybridized carbons (Fsp3) is 0.308. The van der Waals surface area contributed by atoms with Crippen LogP contribution in [-0.4, -0.2) is 33.5 Å². The van der Waals surface area contributed by atoms with Gasteiger partial charge in [0.25, 0.3) is 0 Å². The van der Waals surface area contributed by atoms with Crippen molar-refractivity contribution in [2.75, 3.05) is 6.54 Å². The first-order valence-corrected chi connectivity index (χ1v) is 10.8. The van der Waals surface area contributed by atoms with Gasteiger partial charge in [-0.15, -0.1) is 0 Å². The molecule has 5 nitrogen and oxygen atoms in total. The summed E-state index contributed by atoms with van der Waals surface area (Å²) >= 11 is 0. The van der Waals surface area contributed by atoms with Gasteiger partial charge in [-0.05, 0) is 54.1 Å². The lowest BCUT2D eigenvalue weighted by Crippen LogP contribution is -2.44. The fourth-order valence-corrected chi connectivity index (χ4v) is 4.21. The Labute approximate surface area is 183 Å². The van der Waals surface area contributed by atoms with E-state index in [9.17, 15) is 9.90 Å². The minimum absolute atomic E-state index is 0.399. The molecule has 1 fully saturated rings. The highest BCUT2D eigenvalue weighted by molar-refractivity contribution is 5.73. The van der Waals surface area contributed by atoms with E-state index in [1.165, 1.54) is 16.7 Å². The molecule has 1 aliphatic rings.